The van der Waals surface area contributed by atoms with Gasteiger partial charge in [-0.05, 0) is 28.9 Å². The van der Waals surface area contributed by atoms with Crippen molar-refractivity contribution >= 4 is 33.1 Å². The van der Waals surface area contributed by atoms with Crippen LogP contribution in [0.5, 0.6) is 0 Å². The van der Waals surface area contributed by atoms with Crippen LogP contribution in [-0.4, -0.2) is 25.6 Å². The molecular formula is C9H8BrN3O2. The normalized spacial score (nSPS) is 10.8. The van der Waals surface area contributed by atoms with Crippen LogP contribution in [0.25, 0.3) is 11.2 Å². The van der Waals surface area contributed by atoms with E-state index in [9.17, 15) is 4.79 Å². The van der Waals surface area contributed by atoms with E-state index < -0.39 is 5.97 Å². The highest BCUT2D eigenvalue weighted by atomic mass is 79.9. The molecule has 0 fully saturated rings. The molecule has 15 heavy (non-hydrogen) atoms. The Morgan fingerprint density at radius 1 is 1.67 bits per heavy atom. The van der Waals surface area contributed by atoms with Gasteiger partial charge in [0, 0.05) is 10.7 Å². The fraction of sp³-hybridized carbons (Fsp3) is 0.222. The number of fused-ring (bicyclic) bond motifs is 1. The van der Waals surface area contributed by atoms with Crippen LogP contribution in [0.4, 0.5) is 0 Å². The molecule has 0 aliphatic rings. The van der Waals surface area contributed by atoms with E-state index in [1.165, 1.54) is 0 Å². The molecule has 2 aromatic rings. The molecule has 78 valence electrons. The van der Waals surface area contributed by atoms with Gasteiger partial charge in [-0.25, -0.2) is 9.97 Å². The first-order valence-corrected chi connectivity index (χ1v) is 5.07. The molecule has 5 nitrogen and oxygen atoms in total. The summed E-state index contributed by atoms with van der Waals surface area (Å²) in [5.74, 6) is -0.250. The van der Waals surface area contributed by atoms with Gasteiger partial charge in [0.15, 0.2) is 5.65 Å². The molecule has 0 saturated carbocycles. The van der Waals surface area contributed by atoms with Crippen LogP contribution in [0.2, 0.25) is 0 Å². The highest BCUT2D eigenvalue weighted by Crippen LogP contribution is 2.17. The van der Waals surface area contributed by atoms with Crippen molar-refractivity contribution in [2.75, 3.05) is 0 Å². The minimum Gasteiger partial charge on any atom is -0.480 e. The summed E-state index contributed by atoms with van der Waals surface area (Å²) in [5.41, 5.74) is 1.29. The van der Waals surface area contributed by atoms with Crippen LogP contribution in [0.15, 0.2) is 16.7 Å². The van der Waals surface area contributed by atoms with Crippen molar-refractivity contribution in [2.24, 2.45) is 0 Å². The lowest BCUT2D eigenvalue weighted by Gasteiger charge is -2.00. The molecule has 0 spiro atoms. The van der Waals surface area contributed by atoms with Gasteiger partial charge in [0.1, 0.15) is 17.9 Å². The number of aryl methyl sites for hydroxylation is 1. The zero-order valence-corrected chi connectivity index (χ0v) is 9.52. The summed E-state index contributed by atoms with van der Waals surface area (Å²) in [7, 11) is 0. The number of hydrogen-bond donors (Lipinski definition) is 1. The number of rotatable bonds is 2. The van der Waals surface area contributed by atoms with Crippen molar-refractivity contribution in [3.63, 3.8) is 0 Å². The summed E-state index contributed by atoms with van der Waals surface area (Å²) in [4.78, 5) is 19.0. The van der Waals surface area contributed by atoms with Gasteiger partial charge < -0.3 is 9.67 Å². The van der Waals surface area contributed by atoms with Crippen molar-refractivity contribution in [3.05, 3.63) is 22.6 Å². The second-order valence-electron chi connectivity index (χ2n) is 3.14. The minimum absolute atomic E-state index is 0.114. The van der Waals surface area contributed by atoms with Crippen LogP contribution < -0.4 is 0 Å². The molecule has 0 amide bonds. The Hall–Kier alpha value is -1.43. The first-order valence-electron chi connectivity index (χ1n) is 4.28. The fourth-order valence-electron chi connectivity index (χ4n) is 1.42. The van der Waals surface area contributed by atoms with Crippen molar-refractivity contribution in [2.45, 2.75) is 13.5 Å². The summed E-state index contributed by atoms with van der Waals surface area (Å²) in [6.45, 7) is 1.65. The Kier molecular flexibility index (Phi) is 2.44. The molecule has 0 atom stereocenters. The average molecular weight is 270 g/mol. The van der Waals surface area contributed by atoms with Crippen molar-refractivity contribution in [3.8, 4) is 0 Å². The number of carbonyl (C=O) groups is 1. The van der Waals surface area contributed by atoms with Gasteiger partial charge in [0.05, 0.1) is 0 Å². The predicted octanol–water partition coefficient (Wildman–Crippen LogP) is 1.59. The maximum atomic E-state index is 10.6. The third kappa shape index (κ3) is 1.85. The van der Waals surface area contributed by atoms with Gasteiger partial charge in [-0.15, -0.1) is 0 Å². The van der Waals surface area contributed by atoms with Crippen molar-refractivity contribution in [1.82, 2.24) is 14.5 Å². The average Bonchev–Trinajstić information content (AvgIpc) is 2.41. The third-order valence-corrected chi connectivity index (χ3v) is 2.47. The molecule has 2 rings (SSSR count). The molecule has 0 unspecified atom stereocenters. The van der Waals surface area contributed by atoms with E-state index >= 15 is 0 Å². The van der Waals surface area contributed by atoms with E-state index in [0.717, 1.165) is 4.47 Å². The third-order valence-electron chi connectivity index (χ3n) is 2.04. The first-order chi connectivity index (χ1) is 7.08. The maximum absolute atomic E-state index is 10.6. The molecule has 6 heteroatoms. The first kappa shape index (κ1) is 10.1. The van der Waals surface area contributed by atoms with E-state index in [1.807, 2.05) is 6.07 Å². The lowest BCUT2D eigenvalue weighted by atomic mass is 10.4. The number of carboxylic acid groups (broad SMARTS) is 1. The van der Waals surface area contributed by atoms with Gasteiger partial charge in [0.2, 0.25) is 0 Å². The number of hydrogen-bond acceptors (Lipinski definition) is 3. The molecule has 0 aliphatic carbocycles. The molecular weight excluding hydrogens is 262 g/mol. The number of aliphatic carboxylic acids is 1. The van der Waals surface area contributed by atoms with Crippen LogP contribution in [0.1, 0.15) is 5.82 Å². The number of pyridine rings is 1. The van der Waals surface area contributed by atoms with Gasteiger partial charge >= 0.3 is 5.97 Å². The Morgan fingerprint density at radius 3 is 3.07 bits per heavy atom. The lowest BCUT2D eigenvalue weighted by molar-refractivity contribution is -0.137. The smallest absolute Gasteiger partial charge is 0.323 e. The predicted molar refractivity (Wildman–Crippen MR) is 57.6 cm³/mol. The highest BCUT2D eigenvalue weighted by molar-refractivity contribution is 9.10. The standard InChI is InChI=1S/C9H8BrN3O2/c1-5-12-7-2-6(10)3-11-9(7)13(5)4-8(14)15/h2-3H,4H2,1H3,(H,14,15). The second-order valence-corrected chi connectivity index (χ2v) is 4.05. The summed E-state index contributed by atoms with van der Waals surface area (Å²) < 4.78 is 2.40. The molecule has 2 heterocycles. The molecule has 0 aromatic carbocycles. The Balaban J connectivity index is 2.63. The van der Waals surface area contributed by atoms with E-state index in [0.29, 0.717) is 17.0 Å². The van der Waals surface area contributed by atoms with E-state index in [1.54, 1.807) is 17.7 Å². The maximum Gasteiger partial charge on any atom is 0.323 e. The summed E-state index contributed by atoms with van der Waals surface area (Å²) in [6.07, 6.45) is 1.63. The van der Waals surface area contributed by atoms with E-state index in [2.05, 4.69) is 25.9 Å². The number of imidazole rings is 1. The number of nitrogens with zero attached hydrogens (tertiary/aromatic N) is 3. The van der Waals surface area contributed by atoms with Crippen LogP contribution in [-0.2, 0) is 11.3 Å². The van der Waals surface area contributed by atoms with Crippen LogP contribution >= 0.6 is 15.9 Å². The molecule has 2 aromatic heterocycles. The number of carboxylic acids is 1. The van der Waals surface area contributed by atoms with Gasteiger partial charge in [-0.3, -0.25) is 4.79 Å². The zero-order chi connectivity index (χ0) is 11.0. The molecule has 0 radical (unpaired) electrons. The van der Waals surface area contributed by atoms with Gasteiger partial charge in [0.25, 0.3) is 0 Å². The summed E-state index contributed by atoms with van der Waals surface area (Å²) >= 11 is 3.29. The van der Waals surface area contributed by atoms with Crippen LogP contribution in [0.3, 0.4) is 0 Å². The van der Waals surface area contributed by atoms with E-state index in [-0.39, 0.29) is 6.54 Å². The Bertz CT molecular complexity index is 535. The van der Waals surface area contributed by atoms with Crippen LogP contribution in [0, 0.1) is 6.92 Å². The zero-order valence-electron chi connectivity index (χ0n) is 7.94. The fourth-order valence-corrected chi connectivity index (χ4v) is 1.74. The Labute approximate surface area is 93.9 Å². The van der Waals surface area contributed by atoms with Crippen molar-refractivity contribution < 1.29 is 9.90 Å². The SMILES string of the molecule is Cc1nc2cc(Br)cnc2n1CC(=O)O. The molecule has 0 aliphatic heterocycles. The number of aromatic nitrogens is 3. The second kappa shape index (κ2) is 3.62. The Morgan fingerprint density at radius 2 is 2.40 bits per heavy atom. The van der Waals surface area contributed by atoms with Gasteiger partial charge in [-0.1, -0.05) is 0 Å². The quantitative estimate of drug-likeness (QED) is 0.899. The van der Waals surface area contributed by atoms with E-state index in [4.69, 9.17) is 5.11 Å². The molecule has 1 N–H and O–H groups in total. The molecule has 0 saturated heterocycles. The monoisotopic (exact) mass is 269 g/mol. The highest BCUT2D eigenvalue weighted by Gasteiger charge is 2.11. The summed E-state index contributed by atoms with van der Waals surface area (Å²) in [5, 5.41) is 8.74. The lowest BCUT2D eigenvalue weighted by Crippen LogP contribution is -2.10. The minimum atomic E-state index is -0.901. The molecule has 0 bridgehead atoms. The summed E-state index contributed by atoms with van der Waals surface area (Å²) in [6, 6.07) is 1.81. The van der Waals surface area contributed by atoms with Gasteiger partial charge in [-0.2, -0.15) is 0 Å². The number of halogens is 1. The largest absolute Gasteiger partial charge is 0.480 e. The topological polar surface area (TPSA) is 68.0 Å². The van der Waals surface area contributed by atoms with Crippen molar-refractivity contribution in [1.29, 1.82) is 0 Å².